The van der Waals surface area contributed by atoms with Gasteiger partial charge in [0.05, 0.1) is 10.6 Å². The zero-order valence-electron chi connectivity index (χ0n) is 10.8. The number of hydrogen-bond donors (Lipinski definition) is 0. The van der Waals surface area contributed by atoms with Crippen LogP contribution in [0, 0.1) is 10.1 Å². The first-order valence-corrected chi connectivity index (χ1v) is 7.16. The molecule has 0 aliphatic carbocycles. The summed E-state index contributed by atoms with van der Waals surface area (Å²) < 4.78 is 1.46. The summed E-state index contributed by atoms with van der Waals surface area (Å²) in [6, 6.07) is 9.79. The van der Waals surface area contributed by atoms with Crippen molar-refractivity contribution < 1.29 is 4.92 Å². The average Bonchev–Trinajstić information content (AvgIpc) is 2.96. The predicted molar refractivity (Wildman–Crippen MR) is 79.2 cm³/mol. The highest BCUT2D eigenvalue weighted by Gasteiger charge is 2.19. The van der Waals surface area contributed by atoms with Crippen LogP contribution in [0.2, 0.25) is 5.02 Å². The molecule has 2 heterocycles. The zero-order valence-corrected chi connectivity index (χ0v) is 12.4. The molecule has 2 aromatic heterocycles. The Kier molecular flexibility index (Phi) is 3.98. The van der Waals surface area contributed by atoms with Gasteiger partial charge in [0.15, 0.2) is 5.03 Å². The van der Waals surface area contributed by atoms with Gasteiger partial charge in [-0.15, -0.1) is 5.10 Å². The van der Waals surface area contributed by atoms with Gasteiger partial charge in [0.2, 0.25) is 5.16 Å². The summed E-state index contributed by atoms with van der Waals surface area (Å²) in [7, 11) is 0. The molecule has 0 saturated carbocycles. The topological polar surface area (TPSA) is 99.6 Å². The largest absolute Gasteiger partial charge is 0.301 e. The van der Waals surface area contributed by atoms with Crippen LogP contribution in [0.3, 0.4) is 0 Å². The van der Waals surface area contributed by atoms with Crippen molar-refractivity contribution >= 4 is 29.1 Å². The number of nitrogens with zero attached hydrogens (tertiary/aromatic N) is 6. The molecule has 0 atom stereocenters. The molecule has 0 aliphatic rings. The monoisotopic (exact) mass is 334 g/mol. The maximum Gasteiger partial charge on any atom is 0.301 e. The lowest BCUT2D eigenvalue weighted by atomic mass is 10.3. The summed E-state index contributed by atoms with van der Waals surface area (Å²) in [4.78, 5) is 14.5. The van der Waals surface area contributed by atoms with Gasteiger partial charge in [-0.2, -0.15) is 4.68 Å². The van der Waals surface area contributed by atoms with Crippen LogP contribution in [0.4, 0.5) is 5.69 Å². The maximum absolute atomic E-state index is 11.0. The van der Waals surface area contributed by atoms with E-state index in [0.717, 1.165) is 11.8 Å². The molecule has 22 heavy (non-hydrogen) atoms. The number of aromatic nitrogens is 5. The molecule has 1 aromatic carbocycles. The Hall–Kier alpha value is -2.52. The van der Waals surface area contributed by atoms with Gasteiger partial charge in [0, 0.05) is 17.3 Å². The molecule has 0 unspecified atom stereocenters. The van der Waals surface area contributed by atoms with Gasteiger partial charge in [0.25, 0.3) is 0 Å². The zero-order chi connectivity index (χ0) is 15.5. The van der Waals surface area contributed by atoms with Crippen molar-refractivity contribution in [2.24, 2.45) is 0 Å². The van der Waals surface area contributed by atoms with Crippen LogP contribution >= 0.6 is 23.4 Å². The fraction of sp³-hybridized carbons (Fsp3) is 0. The Morgan fingerprint density at radius 2 is 2.00 bits per heavy atom. The van der Waals surface area contributed by atoms with Crippen molar-refractivity contribution in [1.29, 1.82) is 0 Å². The van der Waals surface area contributed by atoms with Gasteiger partial charge in [-0.3, -0.25) is 10.1 Å². The van der Waals surface area contributed by atoms with Crippen molar-refractivity contribution in [2.75, 3.05) is 0 Å². The second-order valence-corrected chi connectivity index (χ2v) is 5.43. The summed E-state index contributed by atoms with van der Waals surface area (Å²) in [5.41, 5.74) is 0.591. The minimum Gasteiger partial charge on any atom is -0.258 e. The lowest BCUT2D eigenvalue weighted by Crippen LogP contribution is -1.99. The third kappa shape index (κ3) is 2.90. The lowest BCUT2D eigenvalue weighted by molar-refractivity contribution is -0.388. The fourth-order valence-corrected chi connectivity index (χ4v) is 2.64. The molecule has 3 rings (SSSR count). The molecular weight excluding hydrogens is 328 g/mol. The fourth-order valence-electron chi connectivity index (χ4n) is 1.67. The number of rotatable bonds is 4. The quantitative estimate of drug-likeness (QED) is 0.534. The number of hydrogen-bond acceptors (Lipinski definition) is 7. The van der Waals surface area contributed by atoms with E-state index in [1.54, 1.807) is 24.3 Å². The number of nitro groups is 1. The Labute approximate surface area is 133 Å². The highest BCUT2D eigenvalue weighted by molar-refractivity contribution is 7.99. The molecular formula is C12H7ClN6O2S. The Morgan fingerprint density at radius 1 is 1.23 bits per heavy atom. The standard InChI is InChI=1S/C12H7ClN6O2S/c13-8-3-5-9(6-4-8)18-12(15-16-17-18)22-11-10(19(20)21)2-1-7-14-11/h1-7H. The average molecular weight is 335 g/mol. The number of benzene rings is 1. The van der Waals surface area contributed by atoms with E-state index >= 15 is 0 Å². The molecule has 8 nitrogen and oxygen atoms in total. The molecule has 0 amide bonds. The van der Waals surface area contributed by atoms with E-state index < -0.39 is 4.92 Å². The van der Waals surface area contributed by atoms with E-state index in [9.17, 15) is 10.1 Å². The summed E-state index contributed by atoms with van der Waals surface area (Å²) in [5.74, 6) is 0. The minimum absolute atomic E-state index is 0.0989. The Morgan fingerprint density at radius 3 is 2.73 bits per heavy atom. The van der Waals surface area contributed by atoms with E-state index in [-0.39, 0.29) is 10.7 Å². The summed E-state index contributed by atoms with van der Waals surface area (Å²) >= 11 is 6.86. The molecule has 0 radical (unpaired) electrons. The van der Waals surface area contributed by atoms with Gasteiger partial charge in [-0.05, 0) is 52.5 Å². The van der Waals surface area contributed by atoms with Crippen LogP contribution in [0.1, 0.15) is 0 Å². The molecule has 0 saturated heterocycles. The molecule has 110 valence electrons. The summed E-state index contributed by atoms with van der Waals surface area (Å²) in [5, 5.41) is 23.6. The molecule has 10 heteroatoms. The maximum atomic E-state index is 11.0. The molecule has 3 aromatic rings. The number of pyridine rings is 1. The van der Waals surface area contributed by atoms with E-state index in [4.69, 9.17) is 11.6 Å². The molecule has 0 aliphatic heterocycles. The van der Waals surface area contributed by atoms with Crippen molar-refractivity contribution in [2.45, 2.75) is 10.2 Å². The van der Waals surface area contributed by atoms with Gasteiger partial charge < -0.3 is 0 Å². The van der Waals surface area contributed by atoms with Crippen LogP contribution < -0.4 is 0 Å². The molecule has 0 N–H and O–H groups in total. The predicted octanol–water partition coefficient (Wildman–Crippen LogP) is 2.77. The highest BCUT2D eigenvalue weighted by atomic mass is 35.5. The third-order valence-electron chi connectivity index (χ3n) is 2.65. The Balaban J connectivity index is 1.97. The summed E-state index contributed by atoms with van der Waals surface area (Å²) in [6.07, 6.45) is 1.48. The molecule has 0 spiro atoms. The van der Waals surface area contributed by atoms with Gasteiger partial charge >= 0.3 is 5.69 Å². The van der Waals surface area contributed by atoms with Crippen LogP contribution in [0.5, 0.6) is 0 Å². The van der Waals surface area contributed by atoms with Crippen molar-refractivity contribution in [1.82, 2.24) is 25.2 Å². The lowest BCUT2D eigenvalue weighted by Gasteiger charge is -2.04. The van der Waals surface area contributed by atoms with Crippen LogP contribution in [-0.2, 0) is 0 Å². The van der Waals surface area contributed by atoms with Gasteiger partial charge in [-0.25, -0.2) is 4.98 Å². The Bertz CT molecular complexity index is 822. The number of tetrazole rings is 1. The van der Waals surface area contributed by atoms with Crippen molar-refractivity contribution in [3.8, 4) is 5.69 Å². The van der Waals surface area contributed by atoms with Crippen LogP contribution in [0.15, 0.2) is 52.8 Å². The first-order valence-electron chi connectivity index (χ1n) is 5.97. The number of halogens is 1. The van der Waals surface area contributed by atoms with E-state index in [1.807, 2.05) is 0 Å². The van der Waals surface area contributed by atoms with Crippen molar-refractivity contribution in [3.63, 3.8) is 0 Å². The normalized spacial score (nSPS) is 10.6. The molecule has 0 fully saturated rings. The van der Waals surface area contributed by atoms with E-state index in [2.05, 4.69) is 20.5 Å². The van der Waals surface area contributed by atoms with E-state index in [1.165, 1.54) is 23.0 Å². The van der Waals surface area contributed by atoms with E-state index in [0.29, 0.717) is 15.9 Å². The first-order chi connectivity index (χ1) is 10.6. The van der Waals surface area contributed by atoms with Crippen molar-refractivity contribution in [3.05, 3.63) is 57.7 Å². The second-order valence-electron chi connectivity index (χ2n) is 4.04. The minimum atomic E-state index is -0.494. The second kappa shape index (κ2) is 6.08. The summed E-state index contributed by atoms with van der Waals surface area (Å²) in [6.45, 7) is 0. The first kappa shape index (κ1) is 14.4. The third-order valence-corrected chi connectivity index (χ3v) is 3.84. The highest BCUT2D eigenvalue weighted by Crippen LogP contribution is 2.32. The van der Waals surface area contributed by atoms with Crippen LogP contribution in [0.25, 0.3) is 5.69 Å². The molecule has 0 bridgehead atoms. The van der Waals surface area contributed by atoms with Crippen LogP contribution in [-0.4, -0.2) is 30.1 Å². The SMILES string of the molecule is O=[N+]([O-])c1cccnc1Sc1nnnn1-c1ccc(Cl)cc1. The van der Waals surface area contributed by atoms with Gasteiger partial charge in [-0.1, -0.05) is 11.6 Å². The van der Waals surface area contributed by atoms with Gasteiger partial charge in [0.1, 0.15) is 0 Å². The smallest absolute Gasteiger partial charge is 0.258 e.